The van der Waals surface area contributed by atoms with Crippen LogP contribution in [0.25, 0.3) is 0 Å². The van der Waals surface area contributed by atoms with Crippen molar-refractivity contribution in [3.63, 3.8) is 0 Å². The van der Waals surface area contributed by atoms with E-state index < -0.39 is 6.17 Å². The van der Waals surface area contributed by atoms with Crippen LogP contribution in [0, 0.1) is 11.3 Å². The minimum absolute atomic E-state index is 0.0862. The maximum atomic E-state index is 12.4. The Hall–Kier alpha value is -1.44. The molecule has 0 fully saturated rings. The Labute approximate surface area is 63.3 Å². The third kappa shape index (κ3) is 1.74. The van der Waals surface area contributed by atoms with Gasteiger partial charge in [-0.15, -0.1) is 0 Å². The van der Waals surface area contributed by atoms with Crippen molar-refractivity contribution >= 4 is 0 Å². The number of nitriles is 1. The normalized spacial score (nSPS) is 12.5. The third-order valence-electron chi connectivity index (χ3n) is 1.14. The summed E-state index contributed by atoms with van der Waals surface area (Å²) in [7, 11) is 0. The van der Waals surface area contributed by atoms with Crippen molar-refractivity contribution < 1.29 is 4.39 Å². The smallest absolute Gasteiger partial charge is 0.230 e. The topological polar surface area (TPSA) is 54.5 Å². The van der Waals surface area contributed by atoms with Gasteiger partial charge in [0.25, 0.3) is 0 Å². The molecule has 5 heteroatoms. The van der Waals surface area contributed by atoms with Crippen LogP contribution < -0.4 is 0 Å². The summed E-state index contributed by atoms with van der Waals surface area (Å²) in [6, 6.07) is 1.80. The van der Waals surface area contributed by atoms with Gasteiger partial charge in [-0.1, -0.05) is 0 Å². The lowest BCUT2D eigenvalue weighted by molar-refractivity contribution is 0.308. The molecule has 0 aromatic carbocycles. The van der Waals surface area contributed by atoms with Crippen LogP contribution in [-0.4, -0.2) is 20.9 Å². The lowest BCUT2D eigenvalue weighted by atomic mass is 10.4. The summed E-state index contributed by atoms with van der Waals surface area (Å²) in [5, 5.41) is 12.1. The van der Waals surface area contributed by atoms with Gasteiger partial charge in [-0.2, -0.15) is 10.4 Å². The molecule has 1 rings (SSSR count). The van der Waals surface area contributed by atoms with Crippen LogP contribution >= 0.6 is 0 Å². The van der Waals surface area contributed by atoms with E-state index in [9.17, 15) is 4.39 Å². The molecule has 0 spiro atoms. The summed E-state index contributed by atoms with van der Waals surface area (Å²) in [6.45, 7) is 1.49. The fourth-order valence-corrected chi connectivity index (χ4v) is 0.723. The average Bonchev–Trinajstić information content (AvgIpc) is 2.34. The highest BCUT2D eigenvalue weighted by atomic mass is 19.1. The van der Waals surface area contributed by atoms with Crippen LogP contribution in [0.3, 0.4) is 0 Å². The van der Waals surface area contributed by atoms with E-state index in [0.717, 1.165) is 0 Å². The Morgan fingerprint density at radius 3 is 3.18 bits per heavy atom. The molecule has 0 saturated carbocycles. The predicted molar refractivity (Wildman–Crippen MR) is 35.3 cm³/mol. The molecular weight excluding hydrogens is 147 g/mol. The molecule has 0 aliphatic heterocycles. The molecular formula is C6H7FN4. The van der Waals surface area contributed by atoms with Crippen molar-refractivity contribution in [2.75, 3.05) is 0 Å². The second-order valence-corrected chi connectivity index (χ2v) is 2.16. The van der Waals surface area contributed by atoms with Gasteiger partial charge < -0.3 is 0 Å². The molecule has 0 bridgehead atoms. The summed E-state index contributed by atoms with van der Waals surface area (Å²) < 4.78 is 13.6. The molecule has 0 aliphatic carbocycles. The van der Waals surface area contributed by atoms with Crippen LogP contribution in [0.4, 0.5) is 4.39 Å². The highest BCUT2D eigenvalue weighted by Gasteiger charge is 2.05. The van der Waals surface area contributed by atoms with Crippen LogP contribution in [0.5, 0.6) is 0 Å². The molecule has 1 aromatic rings. The van der Waals surface area contributed by atoms with Crippen molar-refractivity contribution in [1.29, 1.82) is 5.26 Å². The second kappa shape index (κ2) is 3.10. The SMILES string of the molecule is CC(F)Cn1ncnc1C#N. The zero-order chi connectivity index (χ0) is 8.27. The number of alkyl halides is 1. The van der Waals surface area contributed by atoms with Gasteiger partial charge >= 0.3 is 0 Å². The Morgan fingerprint density at radius 1 is 1.91 bits per heavy atom. The minimum atomic E-state index is -1.01. The first-order valence-electron chi connectivity index (χ1n) is 3.16. The zero-order valence-corrected chi connectivity index (χ0v) is 6.03. The molecule has 1 heterocycles. The van der Waals surface area contributed by atoms with Crippen LogP contribution in [0.15, 0.2) is 6.33 Å². The molecule has 1 unspecified atom stereocenters. The molecule has 0 saturated heterocycles. The van der Waals surface area contributed by atoms with Gasteiger partial charge in [0.1, 0.15) is 18.6 Å². The first-order valence-corrected chi connectivity index (χ1v) is 3.16. The van der Waals surface area contributed by atoms with Gasteiger partial charge in [0.05, 0.1) is 6.54 Å². The summed E-state index contributed by atoms with van der Waals surface area (Å²) in [5.74, 6) is 0.148. The van der Waals surface area contributed by atoms with Gasteiger partial charge in [0.15, 0.2) is 0 Å². The standard InChI is InChI=1S/C6H7FN4/c1-5(7)3-11-6(2-8)9-4-10-11/h4-5H,3H2,1H3. The number of hydrogen-bond donors (Lipinski definition) is 0. The Bertz CT molecular complexity index is 272. The monoisotopic (exact) mass is 154 g/mol. The lowest BCUT2D eigenvalue weighted by Crippen LogP contribution is -2.10. The molecule has 11 heavy (non-hydrogen) atoms. The van der Waals surface area contributed by atoms with Crippen molar-refractivity contribution in [3.05, 3.63) is 12.2 Å². The Morgan fingerprint density at radius 2 is 2.64 bits per heavy atom. The number of aromatic nitrogens is 3. The van der Waals surface area contributed by atoms with Crippen LogP contribution in [0.2, 0.25) is 0 Å². The predicted octanol–water partition coefficient (Wildman–Crippen LogP) is 0.508. The summed E-state index contributed by atoms with van der Waals surface area (Å²) in [6.07, 6.45) is 0.227. The fraction of sp³-hybridized carbons (Fsp3) is 0.500. The molecule has 58 valence electrons. The van der Waals surface area contributed by atoms with Gasteiger partial charge in [-0.05, 0) is 6.92 Å². The van der Waals surface area contributed by atoms with Crippen molar-refractivity contribution in [3.8, 4) is 6.07 Å². The molecule has 0 N–H and O–H groups in total. The summed E-state index contributed by atoms with van der Waals surface area (Å²) in [4.78, 5) is 3.61. The number of rotatable bonds is 2. The van der Waals surface area contributed by atoms with Crippen molar-refractivity contribution in [2.24, 2.45) is 0 Å². The van der Waals surface area contributed by atoms with E-state index in [1.807, 2.05) is 0 Å². The maximum Gasteiger partial charge on any atom is 0.230 e. The van der Waals surface area contributed by atoms with Gasteiger partial charge in [0.2, 0.25) is 5.82 Å². The average molecular weight is 154 g/mol. The fourth-order valence-electron chi connectivity index (χ4n) is 0.723. The third-order valence-corrected chi connectivity index (χ3v) is 1.14. The second-order valence-electron chi connectivity index (χ2n) is 2.16. The number of nitrogens with zero attached hydrogens (tertiary/aromatic N) is 4. The van der Waals surface area contributed by atoms with E-state index in [0.29, 0.717) is 0 Å². The van der Waals surface area contributed by atoms with Crippen LogP contribution in [-0.2, 0) is 6.54 Å². The Balaban J connectivity index is 2.79. The summed E-state index contributed by atoms with van der Waals surface area (Å²) >= 11 is 0. The summed E-state index contributed by atoms with van der Waals surface area (Å²) in [5.41, 5.74) is 0. The quantitative estimate of drug-likeness (QED) is 0.623. The largest absolute Gasteiger partial charge is 0.246 e. The van der Waals surface area contributed by atoms with E-state index >= 15 is 0 Å². The molecule has 0 radical (unpaired) electrons. The Kier molecular flexibility index (Phi) is 2.16. The van der Waals surface area contributed by atoms with Crippen LogP contribution in [0.1, 0.15) is 12.7 Å². The van der Waals surface area contributed by atoms with Crippen molar-refractivity contribution in [1.82, 2.24) is 14.8 Å². The highest BCUT2D eigenvalue weighted by Crippen LogP contribution is 1.96. The van der Waals surface area contributed by atoms with Crippen molar-refractivity contribution in [2.45, 2.75) is 19.6 Å². The lowest BCUT2D eigenvalue weighted by Gasteiger charge is -2.00. The molecule has 0 aliphatic rings. The minimum Gasteiger partial charge on any atom is -0.246 e. The van der Waals surface area contributed by atoms with E-state index in [4.69, 9.17) is 5.26 Å². The van der Waals surface area contributed by atoms with E-state index in [-0.39, 0.29) is 12.4 Å². The van der Waals surface area contributed by atoms with Gasteiger partial charge in [0, 0.05) is 0 Å². The number of hydrogen-bond acceptors (Lipinski definition) is 3. The van der Waals surface area contributed by atoms with E-state index in [2.05, 4.69) is 10.1 Å². The maximum absolute atomic E-state index is 12.4. The molecule has 4 nitrogen and oxygen atoms in total. The van der Waals surface area contributed by atoms with E-state index in [1.54, 1.807) is 6.07 Å². The first-order chi connectivity index (χ1) is 5.24. The zero-order valence-electron chi connectivity index (χ0n) is 6.03. The van der Waals surface area contributed by atoms with Gasteiger partial charge in [-0.25, -0.2) is 14.1 Å². The van der Waals surface area contributed by atoms with Gasteiger partial charge in [-0.3, -0.25) is 0 Å². The number of halogens is 1. The first kappa shape index (κ1) is 7.66. The highest BCUT2D eigenvalue weighted by molar-refractivity contribution is 5.07. The molecule has 1 aromatic heterocycles. The molecule has 1 atom stereocenters. The van der Waals surface area contributed by atoms with E-state index in [1.165, 1.54) is 17.9 Å². The molecule has 0 amide bonds.